The van der Waals surface area contributed by atoms with Crippen LogP contribution in [0.15, 0.2) is 24.3 Å². The van der Waals surface area contributed by atoms with Crippen molar-refractivity contribution in [3.8, 4) is 0 Å². The summed E-state index contributed by atoms with van der Waals surface area (Å²) in [4.78, 5) is 13.9. The second kappa shape index (κ2) is 4.73. The highest BCUT2D eigenvalue weighted by atomic mass is 16.2. The molecule has 1 aromatic carbocycles. The summed E-state index contributed by atoms with van der Waals surface area (Å²) in [6.07, 6.45) is 0.481. The van der Waals surface area contributed by atoms with E-state index in [1.165, 1.54) is 5.56 Å². The first-order valence-corrected chi connectivity index (χ1v) is 6.53. The Morgan fingerprint density at radius 2 is 1.89 bits per heavy atom. The van der Waals surface area contributed by atoms with Gasteiger partial charge in [-0.1, -0.05) is 43.7 Å². The summed E-state index contributed by atoms with van der Waals surface area (Å²) in [5, 5.41) is 0. The monoisotopic (exact) mass is 246 g/mol. The molecular weight excluding hydrogens is 224 g/mol. The zero-order valence-corrected chi connectivity index (χ0v) is 11.4. The number of aryl methyl sites for hydroxylation is 1. The van der Waals surface area contributed by atoms with Crippen molar-refractivity contribution in [2.75, 3.05) is 13.1 Å². The third-order valence-corrected chi connectivity index (χ3v) is 3.95. The van der Waals surface area contributed by atoms with Crippen LogP contribution in [-0.2, 0) is 11.2 Å². The summed E-state index contributed by atoms with van der Waals surface area (Å²) in [5.74, 6) is 0.599. The first-order valence-electron chi connectivity index (χ1n) is 6.53. The lowest BCUT2D eigenvalue weighted by Crippen LogP contribution is -2.71. The number of likely N-dealkylation sites (tertiary alicyclic amines) is 1. The van der Waals surface area contributed by atoms with Crippen molar-refractivity contribution in [2.45, 2.75) is 32.7 Å². The first-order chi connectivity index (χ1) is 8.40. The van der Waals surface area contributed by atoms with Gasteiger partial charge in [0.05, 0.1) is 12.0 Å². The van der Waals surface area contributed by atoms with Crippen molar-refractivity contribution in [3.63, 3.8) is 0 Å². The highest BCUT2D eigenvalue weighted by Crippen LogP contribution is 2.26. The summed E-state index contributed by atoms with van der Waals surface area (Å²) < 4.78 is 0. The zero-order valence-electron chi connectivity index (χ0n) is 11.4. The van der Waals surface area contributed by atoms with Gasteiger partial charge >= 0.3 is 0 Å². The maximum absolute atomic E-state index is 12.1. The molecule has 1 saturated heterocycles. The molecule has 0 aromatic heterocycles. The lowest BCUT2D eigenvalue weighted by molar-refractivity contribution is -0.139. The van der Waals surface area contributed by atoms with Crippen LogP contribution in [0.3, 0.4) is 0 Å². The molecule has 1 fully saturated rings. The number of hydrogen-bond donors (Lipinski definition) is 1. The van der Waals surface area contributed by atoms with Gasteiger partial charge < -0.3 is 10.6 Å². The van der Waals surface area contributed by atoms with E-state index in [1.807, 2.05) is 36.1 Å². The molecule has 1 aliphatic rings. The summed E-state index contributed by atoms with van der Waals surface area (Å²) in [7, 11) is 0. The van der Waals surface area contributed by atoms with Gasteiger partial charge in [0.2, 0.25) is 5.91 Å². The summed E-state index contributed by atoms with van der Waals surface area (Å²) in [5.41, 5.74) is 8.31. The fourth-order valence-electron chi connectivity index (χ4n) is 2.20. The molecule has 0 unspecified atom stereocenters. The lowest BCUT2D eigenvalue weighted by atomic mass is 9.80. The molecule has 18 heavy (non-hydrogen) atoms. The minimum atomic E-state index is -0.178. The number of rotatable bonds is 3. The van der Waals surface area contributed by atoms with Gasteiger partial charge in [-0.15, -0.1) is 0 Å². The Bertz CT molecular complexity index is 430. The number of carbonyl (C=O) groups is 1. The van der Waals surface area contributed by atoms with Gasteiger partial charge in [-0.2, -0.15) is 0 Å². The number of carbonyl (C=O) groups excluding carboxylic acids is 1. The average molecular weight is 246 g/mol. The topological polar surface area (TPSA) is 46.3 Å². The minimum absolute atomic E-state index is 0.178. The van der Waals surface area contributed by atoms with E-state index < -0.39 is 0 Å². The second-order valence-corrected chi connectivity index (χ2v) is 5.80. The predicted molar refractivity (Wildman–Crippen MR) is 73.2 cm³/mol. The fraction of sp³-hybridized carbons (Fsp3) is 0.533. The van der Waals surface area contributed by atoms with Crippen molar-refractivity contribution >= 4 is 5.91 Å². The van der Waals surface area contributed by atoms with Crippen LogP contribution in [0.5, 0.6) is 0 Å². The quantitative estimate of drug-likeness (QED) is 0.883. The Hall–Kier alpha value is -1.35. The molecule has 0 saturated carbocycles. The highest BCUT2D eigenvalue weighted by molar-refractivity contribution is 5.80. The van der Waals surface area contributed by atoms with Gasteiger partial charge in [-0.05, 0) is 18.4 Å². The normalized spacial score (nSPS) is 17.7. The molecular formula is C15H22N2O. The number of nitrogens with two attached hydrogens (primary N) is 1. The SMILES string of the molecule is Cc1ccc(CC(=O)N2CC(N)(C(C)C)C2)cc1. The molecule has 3 heteroatoms. The molecule has 1 heterocycles. The third kappa shape index (κ3) is 2.56. The van der Waals surface area contributed by atoms with E-state index in [9.17, 15) is 4.79 Å². The van der Waals surface area contributed by atoms with Crippen LogP contribution in [0, 0.1) is 12.8 Å². The Morgan fingerprint density at radius 1 is 1.33 bits per heavy atom. The van der Waals surface area contributed by atoms with Crippen molar-refractivity contribution < 1.29 is 4.79 Å². The van der Waals surface area contributed by atoms with Gasteiger partial charge in [0.1, 0.15) is 0 Å². The smallest absolute Gasteiger partial charge is 0.227 e. The minimum Gasteiger partial charge on any atom is -0.339 e. The molecule has 0 radical (unpaired) electrons. The highest BCUT2D eigenvalue weighted by Gasteiger charge is 2.43. The van der Waals surface area contributed by atoms with Crippen LogP contribution in [0.25, 0.3) is 0 Å². The molecule has 1 aliphatic heterocycles. The molecule has 0 atom stereocenters. The van der Waals surface area contributed by atoms with E-state index in [-0.39, 0.29) is 11.4 Å². The number of nitrogens with zero attached hydrogens (tertiary/aromatic N) is 1. The van der Waals surface area contributed by atoms with Crippen LogP contribution >= 0.6 is 0 Å². The van der Waals surface area contributed by atoms with Gasteiger partial charge in [0, 0.05) is 13.1 Å². The van der Waals surface area contributed by atoms with Crippen LogP contribution < -0.4 is 5.73 Å². The Labute approximate surface area is 109 Å². The lowest BCUT2D eigenvalue weighted by Gasteiger charge is -2.50. The number of benzene rings is 1. The Balaban J connectivity index is 1.89. The maximum atomic E-state index is 12.1. The van der Waals surface area contributed by atoms with Crippen LogP contribution in [0.4, 0.5) is 0 Å². The van der Waals surface area contributed by atoms with Gasteiger partial charge in [0.15, 0.2) is 0 Å². The summed E-state index contributed by atoms with van der Waals surface area (Å²) in [6, 6.07) is 8.12. The third-order valence-electron chi connectivity index (χ3n) is 3.95. The van der Waals surface area contributed by atoms with Crippen LogP contribution in [0.2, 0.25) is 0 Å². The molecule has 0 spiro atoms. The molecule has 2 N–H and O–H groups in total. The van der Waals surface area contributed by atoms with E-state index in [0.717, 1.165) is 5.56 Å². The maximum Gasteiger partial charge on any atom is 0.227 e. The predicted octanol–water partition coefficient (Wildman–Crippen LogP) is 1.73. The van der Waals surface area contributed by atoms with E-state index in [4.69, 9.17) is 5.73 Å². The second-order valence-electron chi connectivity index (χ2n) is 5.80. The molecule has 98 valence electrons. The van der Waals surface area contributed by atoms with Crippen LogP contribution in [-0.4, -0.2) is 29.4 Å². The number of amides is 1. The average Bonchev–Trinajstić information content (AvgIpc) is 2.27. The van der Waals surface area contributed by atoms with Crippen LogP contribution in [0.1, 0.15) is 25.0 Å². The molecule has 3 nitrogen and oxygen atoms in total. The standard InChI is InChI=1S/C15H22N2O/c1-11(2)15(16)9-17(10-15)14(18)8-13-6-4-12(3)5-7-13/h4-7,11H,8-10,16H2,1-3H3. The van der Waals surface area contributed by atoms with E-state index in [2.05, 4.69) is 13.8 Å². The summed E-state index contributed by atoms with van der Waals surface area (Å²) in [6.45, 7) is 7.65. The van der Waals surface area contributed by atoms with E-state index in [0.29, 0.717) is 25.4 Å². The van der Waals surface area contributed by atoms with Gasteiger partial charge in [-0.25, -0.2) is 0 Å². The van der Waals surface area contributed by atoms with Gasteiger partial charge in [0.25, 0.3) is 0 Å². The molecule has 1 aromatic rings. The fourth-order valence-corrected chi connectivity index (χ4v) is 2.20. The Kier molecular flexibility index (Phi) is 3.44. The van der Waals surface area contributed by atoms with Crippen molar-refractivity contribution in [1.82, 2.24) is 4.90 Å². The molecule has 1 amide bonds. The largest absolute Gasteiger partial charge is 0.339 e. The van der Waals surface area contributed by atoms with Gasteiger partial charge in [-0.3, -0.25) is 4.79 Å². The number of hydrogen-bond acceptors (Lipinski definition) is 2. The van der Waals surface area contributed by atoms with E-state index >= 15 is 0 Å². The zero-order chi connectivity index (χ0) is 13.3. The molecule has 2 rings (SSSR count). The van der Waals surface area contributed by atoms with E-state index in [1.54, 1.807) is 0 Å². The summed E-state index contributed by atoms with van der Waals surface area (Å²) >= 11 is 0. The first kappa shape index (κ1) is 13.1. The van der Waals surface area contributed by atoms with Crippen molar-refractivity contribution in [3.05, 3.63) is 35.4 Å². The molecule has 0 aliphatic carbocycles. The van der Waals surface area contributed by atoms with Crippen molar-refractivity contribution in [1.29, 1.82) is 0 Å². The molecule has 0 bridgehead atoms. The van der Waals surface area contributed by atoms with Crippen molar-refractivity contribution in [2.24, 2.45) is 11.7 Å². The Morgan fingerprint density at radius 3 is 2.39 bits per heavy atom.